The van der Waals surface area contributed by atoms with Crippen LogP contribution in [-0.4, -0.2) is 56.8 Å². The van der Waals surface area contributed by atoms with Crippen molar-refractivity contribution in [1.82, 2.24) is 9.88 Å². The molecule has 104 valence electrons. The molecular formula is C13H19N3O2S. The van der Waals surface area contributed by atoms with Gasteiger partial charge < -0.3 is 9.80 Å². The zero-order valence-electron chi connectivity index (χ0n) is 11.3. The molecule has 0 spiro atoms. The Morgan fingerprint density at radius 3 is 2.32 bits per heavy atom. The van der Waals surface area contributed by atoms with E-state index in [1.807, 2.05) is 6.07 Å². The smallest absolute Gasteiger partial charge is 0.177 e. The normalized spacial score (nSPS) is 27.8. The Bertz CT molecular complexity index is 556. The molecule has 0 saturated carbocycles. The second kappa shape index (κ2) is 4.45. The van der Waals surface area contributed by atoms with Crippen molar-refractivity contribution in [2.75, 3.05) is 31.3 Å². The van der Waals surface area contributed by atoms with E-state index in [0.717, 1.165) is 18.9 Å². The van der Waals surface area contributed by atoms with E-state index in [9.17, 15) is 8.42 Å². The highest BCUT2D eigenvalue weighted by molar-refractivity contribution is 7.90. The molecule has 0 radical (unpaired) electrons. The largest absolute Gasteiger partial charge is 0.348 e. The van der Waals surface area contributed by atoms with Crippen molar-refractivity contribution >= 4 is 15.7 Å². The Kier molecular flexibility index (Phi) is 3.02. The molecule has 6 heteroatoms. The average molecular weight is 281 g/mol. The lowest BCUT2D eigenvalue weighted by Crippen LogP contribution is -2.52. The van der Waals surface area contributed by atoms with Crippen LogP contribution in [0.5, 0.6) is 0 Å². The van der Waals surface area contributed by atoms with Gasteiger partial charge in [-0.1, -0.05) is 0 Å². The van der Waals surface area contributed by atoms with E-state index in [4.69, 9.17) is 0 Å². The predicted octanol–water partition coefficient (Wildman–Crippen LogP) is 0.768. The van der Waals surface area contributed by atoms with Gasteiger partial charge in [0.15, 0.2) is 9.84 Å². The molecule has 2 saturated heterocycles. The van der Waals surface area contributed by atoms with Crippen LogP contribution in [0.4, 0.5) is 5.82 Å². The molecule has 2 fully saturated rings. The van der Waals surface area contributed by atoms with Gasteiger partial charge in [0.1, 0.15) is 5.82 Å². The van der Waals surface area contributed by atoms with Gasteiger partial charge in [-0.25, -0.2) is 13.4 Å². The van der Waals surface area contributed by atoms with Gasteiger partial charge >= 0.3 is 0 Å². The molecule has 3 rings (SSSR count). The predicted molar refractivity (Wildman–Crippen MR) is 74.1 cm³/mol. The van der Waals surface area contributed by atoms with E-state index >= 15 is 0 Å². The minimum absolute atomic E-state index is 0.290. The maximum atomic E-state index is 11.4. The standard InChI is InChI=1S/C13H19N3O2S/c1-15-8-10-3-4-11(9-15)16(10)13-6-5-12(7-14-13)19(2,17)18/h5-7,10-11H,3-4,8-9H2,1-2H3. The number of nitrogens with zero attached hydrogens (tertiary/aromatic N) is 3. The van der Waals surface area contributed by atoms with E-state index in [1.165, 1.54) is 25.3 Å². The van der Waals surface area contributed by atoms with Gasteiger partial charge in [-0.2, -0.15) is 0 Å². The molecule has 0 aromatic carbocycles. The summed E-state index contributed by atoms with van der Waals surface area (Å²) in [5.41, 5.74) is 0. The lowest BCUT2D eigenvalue weighted by Gasteiger charge is -2.40. The summed E-state index contributed by atoms with van der Waals surface area (Å²) in [4.78, 5) is 9.38. The highest BCUT2D eigenvalue weighted by atomic mass is 32.2. The third-order valence-corrected chi connectivity index (χ3v) is 5.18. The monoisotopic (exact) mass is 281 g/mol. The molecule has 2 bridgehead atoms. The number of piperazine rings is 1. The summed E-state index contributed by atoms with van der Waals surface area (Å²) in [5.74, 6) is 0.910. The molecule has 0 N–H and O–H groups in total. The van der Waals surface area contributed by atoms with Gasteiger partial charge in [-0.05, 0) is 32.0 Å². The van der Waals surface area contributed by atoms with Crippen molar-refractivity contribution in [3.63, 3.8) is 0 Å². The second-order valence-corrected chi connectivity index (χ2v) is 7.65. The lowest BCUT2D eigenvalue weighted by atomic mass is 10.2. The zero-order chi connectivity index (χ0) is 13.6. The van der Waals surface area contributed by atoms with E-state index in [-0.39, 0.29) is 4.90 Å². The van der Waals surface area contributed by atoms with Gasteiger partial charge in [0.05, 0.1) is 4.90 Å². The van der Waals surface area contributed by atoms with Gasteiger partial charge in [-0.3, -0.25) is 0 Å². The third kappa shape index (κ3) is 2.34. The van der Waals surface area contributed by atoms with Crippen molar-refractivity contribution in [2.24, 2.45) is 0 Å². The molecular weight excluding hydrogens is 262 g/mol. The Hall–Kier alpha value is -1.14. The van der Waals surface area contributed by atoms with Crippen LogP contribution < -0.4 is 4.90 Å². The fraction of sp³-hybridized carbons (Fsp3) is 0.615. The highest BCUT2D eigenvalue weighted by Gasteiger charge is 2.39. The average Bonchev–Trinajstić information content (AvgIpc) is 2.61. The molecule has 5 nitrogen and oxygen atoms in total. The summed E-state index contributed by atoms with van der Waals surface area (Å²) in [5, 5.41) is 0. The molecule has 2 atom stereocenters. The number of anilines is 1. The summed E-state index contributed by atoms with van der Waals surface area (Å²) >= 11 is 0. The van der Waals surface area contributed by atoms with Gasteiger partial charge in [0.2, 0.25) is 0 Å². The van der Waals surface area contributed by atoms with Crippen LogP contribution >= 0.6 is 0 Å². The third-order valence-electron chi connectivity index (χ3n) is 4.08. The maximum Gasteiger partial charge on any atom is 0.177 e. The van der Waals surface area contributed by atoms with Crippen molar-refractivity contribution in [2.45, 2.75) is 29.8 Å². The molecule has 3 heterocycles. The molecule has 2 aliphatic heterocycles. The lowest BCUT2D eigenvalue weighted by molar-refractivity contribution is 0.263. The van der Waals surface area contributed by atoms with Gasteiger partial charge in [-0.15, -0.1) is 0 Å². The Morgan fingerprint density at radius 1 is 1.21 bits per heavy atom. The Labute approximate surface area is 114 Å². The number of likely N-dealkylation sites (tertiary alicyclic amines) is 1. The van der Waals surface area contributed by atoms with Crippen molar-refractivity contribution < 1.29 is 8.42 Å². The zero-order valence-corrected chi connectivity index (χ0v) is 12.1. The van der Waals surface area contributed by atoms with E-state index in [1.54, 1.807) is 6.07 Å². The Balaban J connectivity index is 1.88. The van der Waals surface area contributed by atoms with Crippen LogP contribution in [0.15, 0.2) is 23.2 Å². The van der Waals surface area contributed by atoms with Crippen molar-refractivity contribution in [3.8, 4) is 0 Å². The van der Waals surface area contributed by atoms with E-state index < -0.39 is 9.84 Å². The van der Waals surface area contributed by atoms with Crippen LogP contribution in [0.2, 0.25) is 0 Å². The number of hydrogen-bond acceptors (Lipinski definition) is 5. The van der Waals surface area contributed by atoms with Crippen LogP contribution in [0.3, 0.4) is 0 Å². The molecule has 2 unspecified atom stereocenters. The van der Waals surface area contributed by atoms with Crippen LogP contribution in [0.25, 0.3) is 0 Å². The number of fused-ring (bicyclic) bond motifs is 2. The first-order chi connectivity index (χ1) is 8.95. The van der Waals surface area contributed by atoms with Crippen LogP contribution in [0, 0.1) is 0 Å². The molecule has 2 aliphatic rings. The minimum atomic E-state index is -3.16. The fourth-order valence-electron chi connectivity index (χ4n) is 3.23. The SMILES string of the molecule is CN1CC2CCC(C1)N2c1ccc(S(C)(=O)=O)cn1. The number of hydrogen-bond donors (Lipinski definition) is 0. The number of rotatable bonds is 2. The minimum Gasteiger partial charge on any atom is -0.348 e. The topological polar surface area (TPSA) is 53.5 Å². The second-order valence-electron chi connectivity index (χ2n) is 5.64. The Morgan fingerprint density at radius 2 is 1.84 bits per heavy atom. The van der Waals surface area contributed by atoms with Crippen LogP contribution in [0.1, 0.15) is 12.8 Å². The van der Waals surface area contributed by atoms with Gasteiger partial charge in [0, 0.05) is 37.6 Å². The summed E-state index contributed by atoms with van der Waals surface area (Å²) in [6, 6.07) is 4.53. The summed E-state index contributed by atoms with van der Waals surface area (Å²) in [7, 11) is -1.00. The first kappa shape index (κ1) is 12.9. The highest BCUT2D eigenvalue weighted by Crippen LogP contribution is 2.33. The molecule has 0 amide bonds. The van der Waals surface area contributed by atoms with E-state index in [0.29, 0.717) is 12.1 Å². The quantitative estimate of drug-likeness (QED) is 0.801. The number of aromatic nitrogens is 1. The number of pyridine rings is 1. The molecule has 1 aromatic heterocycles. The van der Waals surface area contributed by atoms with Crippen molar-refractivity contribution in [1.29, 1.82) is 0 Å². The summed E-state index contributed by atoms with van der Waals surface area (Å²) in [6.45, 7) is 2.12. The fourth-order valence-corrected chi connectivity index (χ4v) is 3.79. The first-order valence-corrected chi connectivity index (χ1v) is 8.47. The summed E-state index contributed by atoms with van der Waals surface area (Å²) < 4.78 is 22.9. The molecule has 1 aromatic rings. The summed E-state index contributed by atoms with van der Waals surface area (Å²) in [6.07, 6.45) is 5.08. The van der Waals surface area contributed by atoms with Crippen molar-refractivity contribution in [3.05, 3.63) is 18.3 Å². The molecule has 0 aliphatic carbocycles. The number of likely N-dealkylation sites (N-methyl/N-ethyl adjacent to an activating group) is 1. The van der Waals surface area contributed by atoms with Crippen LogP contribution in [-0.2, 0) is 9.84 Å². The first-order valence-electron chi connectivity index (χ1n) is 6.58. The number of sulfone groups is 1. The molecule has 19 heavy (non-hydrogen) atoms. The maximum absolute atomic E-state index is 11.4. The van der Waals surface area contributed by atoms with E-state index in [2.05, 4.69) is 21.8 Å². The van der Waals surface area contributed by atoms with Gasteiger partial charge in [0.25, 0.3) is 0 Å².